The third-order valence-electron chi connectivity index (χ3n) is 4.40. The zero-order chi connectivity index (χ0) is 17.4. The number of nitrogens with zero attached hydrogens (tertiary/aromatic N) is 3. The molecule has 2 heterocycles. The summed E-state index contributed by atoms with van der Waals surface area (Å²) in [6.45, 7) is 6.18. The molecule has 0 radical (unpaired) electrons. The molecule has 5 nitrogen and oxygen atoms in total. The van der Waals surface area contributed by atoms with Crippen molar-refractivity contribution in [3.05, 3.63) is 65.4 Å². The fourth-order valence-electron chi connectivity index (χ4n) is 2.89. The molecular weight excluding hydrogens is 310 g/mol. The van der Waals surface area contributed by atoms with E-state index in [-0.39, 0.29) is 0 Å². The molecule has 0 unspecified atom stereocenters. The quantitative estimate of drug-likeness (QED) is 0.572. The fourth-order valence-corrected chi connectivity index (χ4v) is 2.89. The van der Waals surface area contributed by atoms with Crippen LogP contribution in [0.1, 0.15) is 16.8 Å². The van der Waals surface area contributed by atoms with Gasteiger partial charge < -0.3 is 5.32 Å². The van der Waals surface area contributed by atoms with E-state index in [0.29, 0.717) is 0 Å². The number of fused-ring (bicyclic) bond motifs is 1. The normalized spacial score (nSPS) is 11.0. The van der Waals surface area contributed by atoms with E-state index in [4.69, 9.17) is 9.97 Å². The summed E-state index contributed by atoms with van der Waals surface area (Å²) in [6.07, 6.45) is 0. The van der Waals surface area contributed by atoms with Gasteiger partial charge >= 0.3 is 0 Å². The Kier molecular flexibility index (Phi) is 3.69. The summed E-state index contributed by atoms with van der Waals surface area (Å²) in [5, 5.41) is 11.5. The predicted molar refractivity (Wildman–Crippen MR) is 101 cm³/mol. The van der Waals surface area contributed by atoms with Crippen LogP contribution in [0.25, 0.3) is 22.3 Å². The predicted octanol–water partition coefficient (Wildman–Crippen LogP) is 4.69. The summed E-state index contributed by atoms with van der Waals surface area (Å²) in [4.78, 5) is 9.58. The van der Waals surface area contributed by atoms with E-state index in [9.17, 15) is 0 Å². The van der Waals surface area contributed by atoms with Crippen LogP contribution in [0.3, 0.4) is 0 Å². The first-order valence-corrected chi connectivity index (χ1v) is 8.24. The highest BCUT2D eigenvalue weighted by atomic mass is 15.2. The number of aromatic amines is 1. The number of rotatable bonds is 3. The lowest BCUT2D eigenvalue weighted by Gasteiger charge is -2.12. The first-order chi connectivity index (χ1) is 12.1. The Morgan fingerprint density at radius 2 is 1.76 bits per heavy atom. The smallest absolute Gasteiger partial charge is 0.162 e. The molecule has 0 aliphatic carbocycles. The van der Waals surface area contributed by atoms with E-state index in [0.717, 1.165) is 39.6 Å². The molecule has 2 aromatic heterocycles. The maximum absolute atomic E-state index is 4.80. The van der Waals surface area contributed by atoms with Crippen LogP contribution in [0.15, 0.2) is 48.5 Å². The van der Waals surface area contributed by atoms with Crippen LogP contribution in [0.5, 0.6) is 0 Å². The Bertz CT molecular complexity index is 1060. The molecule has 0 saturated carbocycles. The lowest BCUT2D eigenvalue weighted by molar-refractivity contribution is 1.05. The molecule has 25 heavy (non-hydrogen) atoms. The van der Waals surface area contributed by atoms with Crippen molar-refractivity contribution >= 4 is 22.5 Å². The Balaban J connectivity index is 1.90. The number of aryl methyl sites for hydroxylation is 2. The van der Waals surface area contributed by atoms with Crippen LogP contribution in [-0.4, -0.2) is 20.2 Å². The van der Waals surface area contributed by atoms with Gasteiger partial charge in [0, 0.05) is 22.7 Å². The van der Waals surface area contributed by atoms with Crippen LogP contribution in [0.2, 0.25) is 0 Å². The second kappa shape index (κ2) is 6.02. The molecule has 0 saturated heterocycles. The molecule has 0 bridgehead atoms. The highest BCUT2D eigenvalue weighted by Crippen LogP contribution is 2.29. The lowest BCUT2D eigenvalue weighted by Crippen LogP contribution is -2.00. The number of hydrogen-bond acceptors (Lipinski definition) is 4. The minimum atomic E-state index is 0.717. The lowest BCUT2D eigenvalue weighted by atomic mass is 10.0. The molecule has 0 spiro atoms. The van der Waals surface area contributed by atoms with E-state index >= 15 is 0 Å². The number of nitrogens with one attached hydrogen (secondary N) is 2. The average Bonchev–Trinajstić information content (AvgIpc) is 3.02. The number of hydrogen-bond donors (Lipinski definition) is 2. The van der Waals surface area contributed by atoms with Crippen molar-refractivity contribution in [1.29, 1.82) is 0 Å². The molecule has 4 rings (SSSR count). The van der Waals surface area contributed by atoms with Crippen molar-refractivity contribution < 1.29 is 0 Å². The second-order valence-electron chi connectivity index (χ2n) is 6.22. The number of benzene rings is 2. The molecule has 2 N–H and O–H groups in total. The summed E-state index contributed by atoms with van der Waals surface area (Å²) in [5.41, 5.74) is 5.37. The van der Waals surface area contributed by atoms with Gasteiger partial charge in [0.25, 0.3) is 0 Å². The topological polar surface area (TPSA) is 66.5 Å². The van der Waals surface area contributed by atoms with E-state index in [1.54, 1.807) is 0 Å². The first kappa shape index (κ1) is 15.3. The van der Waals surface area contributed by atoms with Gasteiger partial charge in [-0.15, -0.1) is 0 Å². The van der Waals surface area contributed by atoms with Gasteiger partial charge in [-0.2, -0.15) is 5.10 Å². The Morgan fingerprint density at radius 1 is 0.920 bits per heavy atom. The van der Waals surface area contributed by atoms with Gasteiger partial charge in [-0.25, -0.2) is 9.97 Å². The van der Waals surface area contributed by atoms with Gasteiger partial charge in [-0.1, -0.05) is 30.3 Å². The van der Waals surface area contributed by atoms with Crippen molar-refractivity contribution in [2.45, 2.75) is 20.8 Å². The molecular formula is C20H19N5. The van der Waals surface area contributed by atoms with Gasteiger partial charge in [-0.05, 0) is 44.0 Å². The third-order valence-corrected chi connectivity index (χ3v) is 4.40. The van der Waals surface area contributed by atoms with Crippen molar-refractivity contribution in [3.8, 4) is 11.4 Å². The van der Waals surface area contributed by atoms with Gasteiger partial charge in [0.05, 0.1) is 5.52 Å². The molecule has 0 atom stereocenters. The summed E-state index contributed by atoms with van der Waals surface area (Å²) >= 11 is 0. The maximum atomic E-state index is 4.80. The molecule has 124 valence electrons. The zero-order valence-corrected chi connectivity index (χ0v) is 14.5. The highest BCUT2D eigenvalue weighted by molar-refractivity contribution is 5.92. The summed E-state index contributed by atoms with van der Waals surface area (Å²) < 4.78 is 0. The number of anilines is 2. The van der Waals surface area contributed by atoms with Gasteiger partial charge in [-0.3, -0.25) is 5.10 Å². The third kappa shape index (κ3) is 2.85. The highest BCUT2D eigenvalue weighted by Gasteiger charge is 2.12. The number of aromatic nitrogens is 4. The summed E-state index contributed by atoms with van der Waals surface area (Å²) in [7, 11) is 0. The van der Waals surface area contributed by atoms with Crippen molar-refractivity contribution in [1.82, 2.24) is 20.2 Å². The molecule has 5 heteroatoms. The van der Waals surface area contributed by atoms with E-state index in [1.165, 1.54) is 11.1 Å². The molecule has 2 aromatic carbocycles. The van der Waals surface area contributed by atoms with Crippen molar-refractivity contribution in [2.75, 3.05) is 5.32 Å². The molecule has 0 aliphatic heterocycles. The number of para-hydroxylation sites is 1. The van der Waals surface area contributed by atoms with E-state index in [2.05, 4.69) is 41.5 Å². The van der Waals surface area contributed by atoms with E-state index in [1.807, 2.05) is 43.3 Å². The van der Waals surface area contributed by atoms with Crippen LogP contribution >= 0.6 is 0 Å². The summed E-state index contributed by atoms with van der Waals surface area (Å²) in [6, 6.07) is 16.2. The van der Waals surface area contributed by atoms with Gasteiger partial charge in [0.2, 0.25) is 0 Å². The van der Waals surface area contributed by atoms with Crippen LogP contribution in [0, 0.1) is 20.8 Å². The largest absolute Gasteiger partial charge is 0.323 e. The van der Waals surface area contributed by atoms with Crippen LogP contribution in [-0.2, 0) is 0 Å². The number of H-pyrrole nitrogens is 1. The van der Waals surface area contributed by atoms with Crippen LogP contribution < -0.4 is 5.32 Å². The minimum Gasteiger partial charge on any atom is -0.323 e. The van der Waals surface area contributed by atoms with E-state index < -0.39 is 0 Å². The zero-order valence-electron chi connectivity index (χ0n) is 14.5. The van der Waals surface area contributed by atoms with Gasteiger partial charge in [0.1, 0.15) is 5.82 Å². The molecule has 4 aromatic rings. The fraction of sp³-hybridized carbons (Fsp3) is 0.150. The Morgan fingerprint density at radius 3 is 2.56 bits per heavy atom. The average molecular weight is 329 g/mol. The standard InChI is InChI=1S/C20H19N5/c1-12-7-6-9-15(14(12)3)19-21-17-10-5-4-8-16(17)20(23-19)22-18-11-13(2)24-25-18/h4-11H,1-3H3,(H2,21,22,23,24,25). The van der Waals surface area contributed by atoms with Crippen molar-refractivity contribution in [2.24, 2.45) is 0 Å². The van der Waals surface area contributed by atoms with Crippen molar-refractivity contribution in [3.63, 3.8) is 0 Å². The SMILES string of the molecule is Cc1cc(Nc2nc(-c3cccc(C)c3C)nc3ccccc23)n[nH]1. The molecule has 0 amide bonds. The minimum absolute atomic E-state index is 0.717. The maximum Gasteiger partial charge on any atom is 0.162 e. The van der Waals surface area contributed by atoms with Crippen LogP contribution in [0.4, 0.5) is 11.6 Å². The molecule has 0 aliphatic rings. The Labute approximate surface area is 146 Å². The Hall–Kier alpha value is -3.21. The monoisotopic (exact) mass is 329 g/mol. The summed E-state index contributed by atoms with van der Waals surface area (Å²) in [5.74, 6) is 2.22. The van der Waals surface area contributed by atoms with Gasteiger partial charge in [0.15, 0.2) is 11.6 Å². The molecule has 0 fully saturated rings. The first-order valence-electron chi connectivity index (χ1n) is 8.24. The second-order valence-corrected chi connectivity index (χ2v) is 6.22.